The summed E-state index contributed by atoms with van der Waals surface area (Å²) >= 11 is 0. The summed E-state index contributed by atoms with van der Waals surface area (Å²) in [5.41, 5.74) is 0.918. The van der Waals surface area contributed by atoms with Crippen molar-refractivity contribution in [2.75, 3.05) is 20.2 Å². The third-order valence-corrected chi connectivity index (χ3v) is 4.39. The van der Waals surface area contributed by atoms with Crippen molar-refractivity contribution >= 4 is 5.91 Å². The molecule has 2 heterocycles. The van der Waals surface area contributed by atoms with Crippen molar-refractivity contribution in [3.8, 4) is 17.0 Å². The number of rotatable bonds is 5. The molecule has 0 bridgehead atoms. The molecule has 0 radical (unpaired) electrons. The SMILES string of the molecule is COc1ccccc1-c1ccc(=O)n(C2CN(C(=O)CCC(F)(F)F)C2)n1. The molecule has 0 N–H and O–H groups in total. The van der Waals surface area contributed by atoms with Gasteiger partial charge < -0.3 is 9.64 Å². The summed E-state index contributed by atoms with van der Waals surface area (Å²) in [5, 5.41) is 4.36. The van der Waals surface area contributed by atoms with Gasteiger partial charge in [-0.25, -0.2) is 4.68 Å². The van der Waals surface area contributed by atoms with Gasteiger partial charge in [0.1, 0.15) is 5.75 Å². The van der Waals surface area contributed by atoms with Crippen LogP contribution in [0.3, 0.4) is 0 Å². The zero-order valence-corrected chi connectivity index (χ0v) is 14.6. The number of likely N-dealkylation sites (tertiary alicyclic amines) is 1. The zero-order chi connectivity index (χ0) is 19.6. The Morgan fingerprint density at radius 3 is 2.59 bits per heavy atom. The number of alkyl halides is 3. The number of ether oxygens (including phenoxy) is 1. The van der Waals surface area contributed by atoms with Crippen LogP contribution >= 0.6 is 0 Å². The molecule has 1 aliphatic heterocycles. The van der Waals surface area contributed by atoms with Gasteiger partial charge in [0.15, 0.2) is 0 Å². The average Bonchev–Trinajstić information content (AvgIpc) is 2.59. The Labute approximate surface area is 153 Å². The fraction of sp³-hybridized carbons (Fsp3) is 0.389. The Morgan fingerprint density at radius 1 is 1.22 bits per heavy atom. The van der Waals surface area contributed by atoms with E-state index in [1.54, 1.807) is 12.1 Å². The lowest BCUT2D eigenvalue weighted by Crippen LogP contribution is -2.53. The van der Waals surface area contributed by atoms with Crippen LogP contribution in [0.25, 0.3) is 11.3 Å². The average molecular weight is 381 g/mol. The van der Waals surface area contributed by atoms with Crippen LogP contribution in [0.15, 0.2) is 41.2 Å². The molecule has 1 aromatic heterocycles. The Hall–Kier alpha value is -2.84. The summed E-state index contributed by atoms with van der Waals surface area (Å²) in [6.07, 6.45) is -6.09. The van der Waals surface area contributed by atoms with E-state index in [0.717, 1.165) is 0 Å². The molecule has 0 atom stereocenters. The summed E-state index contributed by atoms with van der Waals surface area (Å²) in [4.78, 5) is 25.3. The van der Waals surface area contributed by atoms with Crippen LogP contribution in [0.4, 0.5) is 13.2 Å². The van der Waals surface area contributed by atoms with Crippen LogP contribution in [-0.2, 0) is 4.79 Å². The van der Waals surface area contributed by atoms with E-state index in [-0.39, 0.29) is 24.7 Å². The molecule has 3 rings (SSSR count). The highest BCUT2D eigenvalue weighted by molar-refractivity contribution is 5.77. The third kappa shape index (κ3) is 4.29. The first kappa shape index (κ1) is 18.9. The minimum Gasteiger partial charge on any atom is -0.496 e. The summed E-state index contributed by atoms with van der Waals surface area (Å²) in [7, 11) is 1.53. The minimum atomic E-state index is -4.36. The van der Waals surface area contributed by atoms with Gasteiger partial charge in [0.25, 0.3) is 5.56 Å². The molecule has 1 amide bonds. The Morgan fingerprint density at radius 2 is 1.93 bits per heavy atom. The normalized spacial score (nSPS) is 14.7. The minimum absolute atomic E-state index is 0.166. The highest BCUT2D eigenvalue weighted by atomic mass is 19.4. The third-order valence-electron chi connectivity index (χ3n) is 4.39. The number of carbonyl (C=O) groups excluding carboxylic acids is 1. The standard InChI is InChI=1S/C18H18F3N3O3/c1-27-15-5-3-2-4-13(15)14-6-7-17(26)24(22-14)12-10-23(11-12)16(25)8-9-18(19,20)21/h2-7,12H,8-11H2,1H3. The lowest BCUT2D eigenvalue weighted by molar-refractivity contribution is -0.152. The molecular formula is C18H18F3N3O3. The van der Waals surface area contributed by atoms with Gasteiger partial charge >= 0.3 is 6.18 Å². The quantitative estimate of drug-likeness (QED) is 0.799. The molecule has 27 heavy (non-hydrogen) atoms. The molecule has 6 nitrogen and oxygen atoms in total. The van der Waals surface area contributed by atoms with Crippen LogP contribution in [-0.4, -0.2) is 47.0 Å². The number of amides is 1. The topological polar surface area (TPSA) is 64.4 Å². The molecule has 144 valence electrons. The number of hydrogen-bond donors (Lipinski definition) is 0. The summed E-state index contributed by atoms with van der Waals surface area (Å²) in [6.45, 7) is 0.331. The fourth-order valence-corrected chi connectivity index (χ4v) is 2.91. The maximum Gasteiger partial charge on any atom is 0.389 e. The number of halogens is 3. The maximum absolute atomic E-state index is 12.2. The Balaban J connectivity index is 1.72. The largest absolute Gasteiger partial charge is 0.496 e. The van der Waals surface area contributed by atoms with E-state index in [1.165, 1.54) is 22.8 Å². The maximum atomic E-state index is 12.2. The van der Waals surface area contributed by atoms with Gasteiger partial charge in [0.05, 0.1) is 25.3 Å². The number of carbonyl (C=O) groups is 1. The molecule has 0 aliphatic carbocycles. The molecule has 1 fully saturated rings. The first-order valence-electron chi connectivity index (χ1n) is 8.36. The predicted octanol–water partition coefficient (Wildman–Crippen LogP) is 2.64. The van der Waals surface area contributed by atoms with Gasteiger partial charge in [0, 0.05) is 31.1 Å². The van der Waals surface area contributed by atoms with E-state index in [9.17, 15) is 22.8 Å². The van der Waals surface area contributed by atoms with Crippen molar-refractivity contribution in [1.29, 1.82) is 0 Å². The van der Waals surface area contributed by atoms with Gasteiger partial charge in [0.2, 0.25) is 5.91 Å². The molecule has 1 aromatic carbocycles. The highest BCUT2D eigenvalue weighted by Crippen LogP contribution is 2.29. The van der Waals surface area contributed by atoms with Gasteiger partial charge in [-0.1, -0.05) is 12.1 Å². The van der Waals surface area contributed by atoms with Gasteiger partial charge in [-0.05, 0) is 18.2 Å². The van der Waals surface area contributed by atoms with Crippen molar-refractivity contribution < 1.29 is 22.7 Å². The van der Waals surface area contributed by atoms with E-state index in [1.807, 2.05) is 18.2 Å². The van der Waals surface area contributed by atoms with Gasteiger partial charge in [-0.2, -0.15) is 18.3 Å². The van der Waals surface area contributed by atoms with Crippen molar-refractivity contribution in [2.24, 2.45) is 0 Å². The fourth-order valence-electron chi connectivity index (χ4n) is 2.91. The van der Waals surface area contributed by atoms with Crippen molar-refractivity contribution in [2.45, 2.75) is 25.1 Å². The van der Waals surface area contributed by atoms with Gasteiger partial charge in [-0.15, -0.1) is 0 Å². The first-order valence-corrected chi connectivity index (χ1v) is 8.36. The molecule has 2 aromatic rings. The van der Waals surface area contributed by atoms with Crippen LogP contribution in [0.2, 0.25) is 0 Å². The van der Waals surface area contributed by atoms with E-state index < -0.39 is 24.9 Å². The summed E-state index contributed by atoms with van der Waals surface area (Å²) < 4.78 is 43.3. The molecule has 9 heteroatoms. The number of methoxy groups -OCH3 is 1. The monoisotopic (exact) mass is 381 g/mol. The second-order valence-electron chi connectivity index (χ2n) is 6.27. The van der Waals surface area contributed by atoms with E-state index in [2.05, 4.69) is 5.10 Å². The predicted molar refractivity (Wildman–Crippen MR) is 91.4 cm³/mol. The van der Waals surface area contributed by atoms with Crippen LogP contribution in [0.5, 0.6) is 5.75 Å². The Bertz CT molecular complexity index is 889. The second kappa shape index (κ2) is 7.42. The lowest BCUT2D eigenvalue weighted by Gasteiger charge is -2.39. The first-order chi connectivity index (χ1) is 12.8. The molecular weight excluding hydrogens is 363 g/mol. The van der Waals surface area contributed by atoms with Gasteiger partial charge in [-0.3, -0.25) is 9.59 Å². The number of nitrogens with zero attached hydrogens (tertiary/aromatic N) is 3. The van der Waals surface area contributed by atoms with E-state index >= 15 is 0 Å². The molecule has 1 aliphatic rings. The van der Waals surface area contributed by atoms with Crippen molar-refractivity contribution in [1.82, 2.24) is 14.7 Å². The van der Waals surface area contributed by atoms with E-state index in [4.69, 9.17) is 4.74 Å². The van der Waals surface area contributed by atoms with Crippen LogP contribution < -0.4 is 10.3 Å². The summed E-state index contributed by atoms with van der Waals surface area (Å²) in [5.74, 6) is 0.0327. The summed E-state index contributed by atoms with van der Waals surface area (Å²) in [6, 6.07) is 9.82. The smallest absolute Gasteiger partial charge is 0.389 e. The molecule has 0 saturated carbocycles. The molecule has 0 unspecified atom stereocenters. The number of hydrogen-bond acceptors (Lipinski definition) is 4. The van der Waals surface area contributed by atoms with Crippen LogP contribution in [0, 0.1) is 0 Å². The molecule has 1 saturated heterocycles. The van der Waals surface area contributed by atoms with E-state index in [0.29, 0.717) is 17.0 Å². The molecule has 0 spiro atoms. The Kier molecular flexibility index (Phi) is 5.20. The van der Waals surface area contributed by atoms with Crippen molar-refractivity contribution in [3.05, 3.63) is 46.8 Å². The highest BCUT2D eigenvalue weighted by Gasteiger charge is 2.35. The number of benzene rings is 1. The number of para-hydroxylation sites is 1. The lowest BCUT2D eigenvalue weighted by atomic mass is 10.1. The number of aromatic nitrogens is 2. The zero-order valence-electron chi connectivity index (χ0n) is 14.6. The van der Waals surface area contributed by atoms with Crippen LogP contribution in [0.1, 0.15) is 18.9 Å². The second-order valence-corrected chi connectivity index (χ2v) is 6.27. The van der Waals surface area contributed by atoms with Crippen molar-refractivity contribution in [3.63, 3.8) is 0 Å².